The number of ether oxygens (including phenoxy) is 2. The topological polar surface area (TPSA) is 79.3 Å². The van der Waals surface area contributed by atoms with Gasteiger partial charge in [0.2, 0.25) is 0 Å². The molecule has 2 aliphatic heterocycles. The van der Waals surface area contributed by atoms with Crippen molar-refractivity contribution in [1.82, 2.24) is 9.80 Å². The summed E-state index contributed by atoms with van der Waals surface area (Å²) in [7, 11) is 0. The second-order valence-electron chi connectivity index (χ2n) is 7.72. The lowest BCUT2D eigenvalue weighted by Gasteiger charge is -2.31. The molecule has 0 aromatic carbocycles. The van der Waals surface area contributed by atoms with Crippen LogP contribution >= 0.6 is 0 Å². The van der Waals surface area contributed by atoms with Gasteiger partial charge in [-0.3, -0.25) is 0 Å². The number of hydrogen-bond donors (Lipinski definition) is 1. The van der Waals surface area contributed by atoms with E-state index in [4.69, 9.17) is 14.6 Å². The van der Waals surface area contributed by atoms with Crippen molar-refractivity contribution in [2.75, 3.05) is 32.8 Å². The number of hydrogen-bond acceptors (Lipinski definition) is 4. The highest BCUT2D eigenvalue weighted by molar-refractivity contribution is 5.69. The number of carbonyl (C=O) groups is 2. The molecule has 0 aliphatic carbocycles. The number of nitrogens with zero attached hydrogens (tertiary/aromatic N) is 2. The van der Waals surface area contributed by atoms with E-state index in [2.05, 4.69) is 0 Å². The van der Waals surface area contributed by atoms with E-state index < -0.39 is 11.7 Å². The van der Waals surface area contributed by atoms with Crippen molar-refractivity contribution in [2.45, 2.75) is 58.1 Å². The van der Waals surface area contributed by atoms with E-state index in [9.17, 15) is 9.59 Å². The first-order chi connectivity index (χ1) is 11.3. The molecule has 1 N–H and O–H groups in total. The molecule has 0 radical (unpaired) electrons. The minimum absolute atomic E-state index is 0.0824. The molecule has 24 heavy (non-hydrogen) atoms. The summed E-state index contributed by atoms with van der Waals surface area (Å²) in [5.41, 5.74) is -0.483. The zero-order valence-corrected chi connectivity index (χ0v) is 15.0. The van der Waals surface area contributed by atoms with Crippen LogP contribution in [-0.4, -0.2) is 71.6 Å². The highest BCUT2D eigenvalue weighted by atomic mass is 16.6. The van der Waals surface area contributed by atoms with Gasteiger partial charge in [-0.25, -0.2) is 9.59 Å². The summed E-state index contributed by atoms with van der Waals surface area (Å²) in [5, 5.41) is 8.95. The molecule has 0 bridgehead atoms. The smallest absolute Gasteiger partial charge is 0.410 e. The molecule has 0 aromatic rings. The summed E-state index contributed by atoms with van der Waals surface area (Å²) < 4.78 is 11.3. The van der Waals surface area contributed by atoms with Crippen LogP contribution in [0.25, 0.3) is 0 Å². The number of piperidine rings is 1. The molecule has 2 amide bonds. The van der Waals surface area contributed by atoms with Gasteiger partial charge < -0.3 is 24.4 Å². The predicted octanol–water partition coefficient (Wildman–Crippen LogP) is 2.79. The van der Waals surface area contributed by atoms with Crippen LogP contribution in [0.5, 0.6) is 0 Å². The average molecular weight is 342 g/mol. The number of likely N-dealkylation sites (tertiary alicyclic amines) is 2. The van der Waals surface area contributed by atoms with E-state index in [1.54, 1.807) is 4.90 Å². The summed E-state index contributed by atoms with van der Waals surface area (Å²) in [6, 6.07) is 0.0824. The van der Waals surface area contributed by atoms with Crippen molar-refractivity contribution < 1.29 is 24.2 Å². The molecule has 138 valence electrons. The number of amides is 2. The molecule has 0 spiro atoms. The lowest BCUT2D eigenvalue weighted by atomic mass is 9.98. The van der Waals surface area contributed by atoms with Crippen LogP contribution < -0.4 is 0 Å². The standard InChI is InChI=1S/C17H30N2O5/c1-17(2,3)24-16(22)19-8-4-5-14(19)12-23-11-13-6-9-18(10-7-13)15(20)21/h13-14H,4-12H2,1-3H3,(H,20,21). The SMILES string of the molecule is CC(C)(C)OC(=O)N1CCCC1COCC1CCN(C(=O)O)CC1. The molecule has 1 atom stereocenters. The van der Waals surface area contributed by atoms with E-state index >= 15 is 0 Å². The van der Waals surface area contributed by atoms with Crippen molar-refractivity contribution in [3.05, 3.63) is 0 Å². The van der Waals surface area contributed by atoms with Crippen LogP contribution in [0.4, 0.5) is 9.59 Å². The van der Waals surface area contributed by atoms with Crippen molar-refractivity contribution in [2.24, 2.45) is 5.92 Å². The van der Waals surface area contributed by atoms with Gasteiger partial charge in [0.05, 0.1) is 12.6 Å². The Labute approximate surface area is 143 Å². The quantitative estimate of drug-likeness (QED) is 0.850. The Morgan fingerprint density at radius 2 is 1.75 bits per heavy atom. The molecule has 2 rings (SSSR count). The summed E-state index contributed by atoms with van der Waals surface area (Å²) in [4.78, 5) is 26.3. The van der Waals surface area contributed by atoms with Crippen molar-refractivity contribution in [3.8, 4) is 0 Å². The largest absolute Gasteiger partial charge is 0.465 e. The van der Waals surface area contributed by atoms with Gasteiger partial charge >= 0.3 is 12.2 Å². The van der Waals surface area contributed by atoms with Gasteiger partial charge in [-0.15, -0.1) is 0 Å². The first kappa shape index (κ1) is 18.8. The van der Waals surface area contributed by atoms with Crippen LogP contribution in [-0.2, 0) is 9.47 Å². The molecule has 2 heterocycles. The third-order valence-corrected chi connectivity index (χ3v) is 4.55. The Balaban J connectivity index is 1.70. The molecular formula is C17H30N2O5. The maximum atomic E-state index is 12.2. The predicted molar refractivity (Wildman–Crippen MR) is 89.1 cm³/mol. The molecule has 2 aliphatic rings. The lowest BCUT2D eigenvalue weighted by molar-refractivity contribution is 0.00413. The third kappa shape index (κ3) is 5.54. The van der Waals surface area contributed by atoms with Crippen LogP contribution in [0.2, 0.25) is 0 Å². The van der Waals surface area contributed by atoms with Gasteiger partial charge in [-0.1, -0.05) is 0 Å². The van der Waals surface area contributed by atoms with E-state index in [1.807, 2.05) is 20.8 Å². The third-order valence-electron chi connectivity index (χ3n) is 4.55. The Morgan fingerprint density at radius 1 is 1.08 bits per heavy atom. The monoisotopic (exact) mass is 342 g/mol. The van der Waals surface area contributed by atoms with Gasteiger partial charge in [0, 0.05) is 26.2 Å². The van der Waals surface area contributed by atoms with E-state index in [0.29, 0.717) is 32.2 Å². The average Bonchev–Trinajstić information content (AvgIpc) is 2.94. The minimum atomic E-state index is -0.840. The molecule has 7 heteroatoms. The van der Waals surface area contributed by atoms with Crippen LogP contribution in [0.15, 0.2) is 0 Å². The highest BCUT2D eigenvalue weighted by Gasteiger charge is 2.32. The Hall–Kier alpha value is -1.50. The fourth-order valence-corrected chi connectivity index (χ4v) is 3.23. The van der Waals surface area contributed by atoms with Crippen LogP contribution in [0, 0.1) is 5.92 Å². The first-order valence-electron chi connectivity index (χ1n) is 8.81. The number of carboxylic acid groups (broad SMARTS) is 1. The summed E-state index contributed by atoms with van der Waals surface area (Å²) in [6.45, 7) is 8.65. The zero-order valence-electron chi connectivity index (χ0n) is 15.0. The van der Waals surface area contributed by atoms with Gasteiger partial charge in [0.15, 0.2) is 0 Å². The van der Waals surface area contributed by atoms with Crippen LogP contribution in [0.1, 0.15) is 46.5 Å². The second kappa shape index (κ2) is 8.05. The maximum Gasteiger partial charge on any atom is 0.410 e. The normalized spacial score (nSPS) is 22.7. The second-order valence-corrected chi connectivity index (χ2v) is 7.72. The van der Waals surface area contributed by atoms with Crippen molar-refractivity contribution in [1.29, 1.82) is 0 Å². The fourth-order valence-electron chi connectivity index (χ4n) is 3.23. The molecule has 2 saturated heterocycles. The molecule has 7 nitrogen and oxygen atoms in total. The molecule has 1 unspecified atom stereocenters. The lowest BCUT2D eigenvalue weighted by Crippen LogP contribution is -2.42. The zero-order chi connectivity index (χ0) is 17.7. The Kier molecular flexibility index (Phi) is 6.32. The van der Waals surface area contributed by atoms with Gasteiger partial charge in [0.1, 0.15) is 5.60 Å². The highest BCUT2D eigenvalue weighted by Crippen LogP contribution is 2.22. The first-order valence-corrected chi connectivity index (χ1v) is 8.81. The van der Waals surface area contributed by atoms with Gasteiger partial charge in [0.25, 0.3) is 0 Å². The van der Waals surface area contributed by atoms with E-state index in [1.165, 1.54) is 4.90 Å². The summed E-state index contributed by atoms with van der Waals surface area (Å²) >= 11 is 0. The molecule has 0 aromatic heterocycles. The number of rotatable bonds is 4. The van der Waals surface area contributed by atoms with E-state index in [-0.39, 0.29) is 12.1 Å². The maximum absolute atomic E-state index is 12.2. The van der Waals surface area contributed by atoms with Crippen molar-refractivity contribution in [3.63, 3.8) is 0 Å². The molecule has 2 fully saturated rings. The minimum Gasteiger partial charge on any atom is -0.465 e. The van der Waals surface area contributed by atoms with Gasteiger partial charge in [-0.2, -0.15) is 0 Å². The van der Waals surface area contributed by atoms with E-state index in [0.717, 1.165) is 32.2 Å². The molecule has 0 saturated carbocycles. The Morgan fingerprint density at radius 3 is 2.33 bits per heavy atom. The van der Waals surface area contributed by atoms with Crippen LogP contribution in [0.3, 0.4) is 0 Å². The fraction of sp³-hybridized carbons (Fsp3) is 0.882. The summed E-state index contributed by atoms with van der Waals surface area (Å²) in [6.07, 6.45) is 2.50. The van der Waals surface area contributed by atoms with Crippen molar-refractivity contribution >= 4 is 12.2 Å². The number of carbonyl (C=O) groups excluding carboxylic acids is 1. The Bertz CT molecular complexity index is 441. The summed E-state index contributed by atoms with van der Waals surface area (Å²) in [5.74, 6) is 0.400. The molecular weight excluding hydrogens is 312 g/mol. The van der Waals surface area contributed by atoms with Gasteiger partial charge in [-0.05, 0) is 52.4 Å².